The van der Waals surface area contributed by atoms with Gasteiger partial charge in [0, 0.05) is 30.3 Å². The number of hydrazone groups is 1. The molecule has 148 valence electrons. The maximum absolute atomic E-state index is 14.4. The van der Waals surface area contributed by atoms with Gasteiger partial charge >= 0.3 is 0 Å². The third kappa shape index (κ3) is 3.95. The van der Waals surface area contributed by atoms with Crippen molar-refractivity contribution in [3.05, 3.63) is 79.9 Å². The van der Waals surface area contributed by atoms with Gasteiger partial charge in [-0.3, -0.25) is 20.3 Å². The van der Waals surface area contributed by atoms with Crippen LogP contribution in [0.5, 0.6) is 0 Å². The van der Waals surface area contributed by atoms with Crippen LogP contribution in [0.2, 0.25) is 0 Å². The van der Waals surface area contributed by atoms with Crippen LogP contribution in [-0.2, 0) is 6.54 Å². The highest BCUT2D eigenvalue weighted by molar-refractivity contribution is 5.92. The zero-order valence-corrected chi connectivity index (χ0v) is 15.1. The fourth-order valence-corrected chi connectivity index (χ4v) is 2.76. The number of nitro groups is 1. The van der Waals surface area contributed by atoms with Crippen LogP contribution in [0, 0.1) is 15.9 Å². The fourth-order valence-electron chi connectivity index (χ4n) is 2.76. The lowest BCUT2D eigenvalue weighted by Crippen LogP contribution is -2.30. The molecule has 29 heavy (non-hydrogen) atoms. The van der Waals surface area contributed by atoms with E-state index in [1.54, 1.807) is 6.92 Å². The van der Waals surface area contributed by atoms with Crippen LogP contribution in [0.25, 0.3) is 10.9 Å². The molecule has 2 aromatic carbocycles. The van der Waals surface area contributed by atoms with Gasteiger partial charge in [-0.2, -0.15) is 5.10 Å². The van der Waals surface area contributed by atoms with Gasteiger partial charge in [-0.05, 0) is 36.8 Å². The van der Waals surface area contributed by atoms with E-state index in [4.69, 9.17) is 0 Å². The molecule has 0 saturated heterocycles. The molecule has 0 aliphatic heterocycles. The molecule has 0 saturated carbocycles. The number of nitro benzene ring substituents is 1. The second-order valence-electron chi connectivity index (χ2n) is 6.01. The Morgan fingerprint density at radius 2 is 2.00 bits per heavy atom. The monoisotopic (exact) mass is 397 g/mol. The minimum atomic E-state index is -1.63. The summed E-state index contributed by atoms with van der Waals surface area (Å²) >= 11 is 0. The van der Waals surface area contributed by atoms with E-state index in [9.17, 15) is 29.2 Å². The van der Waals surface area contributed by atoms with Crippen LogP contribution in [0.3, 0.4) is 0 Å². The van der Waals surface area contributed by atoms with Crippen molar-refractivity contribution >= 4 is 34.5 Å². The molecule has 0 radical (unpaired) electrons. The molecule has 0 bridgehead atoms. The summed E-state index contributed by atoms with van der Waals surface area (Å²) in [4.78, 5) is 33.5. The minimum Gasteiger partial charge on any atom is -0.545 e. The molecular formula is C19H14FN4O5-. The van der Waals surface area contributed by atoms with E-state index in [1.165, 1.54) is 41.1 Å². The number of hydrogen-bond donors (Lipinski definition) is 1. The van der Waals surface area contributed by atoms with E-state index in [2.05, 4.69) is 10.5 Å². The molecule has 0 atom stereocenters. The Morgan fingerprint density at radius 1 is 1.31 bits per heavy atom. The first-order valence-electron chi connectivity index (χ1n) is 8.43. The number of carboxylic acid groups (broad SMARTS) is 1. The van der Waals surface area contributed by atoms with Crippen molar-refractivity contribution in [1.82, 2.24) is 4.57 Å². The largest absolute Gasteiger partial charge is 0.545 e. The number of non-ortho nitro benzene ring substituents is 1. The molecule has 1 N–H and O–H groups in total. The lowest BCUT2D eigenvalue weighted by atomic mass is 10.1. The topological polar surface area (TPSA) is 130 Å². The lowest BCUT2D eigenvalue weighted by molar-refractivity contribution is -0.384. The van der Waals surface area contributed by atoms with E-state index in [1.807, 2.05) is 0 Å². The summed E-state index contributed by atoms with van der Waals surface area (Å²) in [5, 5.41) is 25.6. The van der Waals surface area contributed by atoms with Gasteiger partial charge in [0.25, 0.3) is 5.69 Å². The molecule has 0 spiro atoms. The summed E-state index contributed by atoms with van der Waals surface area (Å²) in [7, 11) is 0. The maximum Gasteiger partial charge on any atom is 0.269 e. The normalized spacial score (nSPS) is 11.1. The number of nitrogens with one attached hydrogen (secondary N) is 1. The molecule has 1 aromatic heterocycles. The van der Waals surface area contributed by atoms with Crippen LogP contribution in [0.1, 0.15) is 22.8 Å². The zero-order chi connectivity index (χ0) is 21.1. The lowest BCUT2D eigenvalue weighted by Gasteiger charge is -2.13. The van der Waals surface area contributed by atoms with Gasteiger partial charge in [-0.25, -0.2) is 4.39 Å². The minimum absolute atomic E-state index is 0.0292. The molecule has 0 aliphatic carbocycles. The molecule has 0 fully saturated rings. The van der Waals surface area contributed by atoms with E-state index in [0.29, 0.717) is 17.6 Å². The predicted molar refractivity (Wildman–Crippen MR) is 102 cm³/mol. The molecule has 0 unspecified atom stereocenters. The first-order chi connectivity index (χ1) is 13.8. The van der Waals surface area contributed by atoms with Crippen molar-refractivity contribution in [1.29, 1.82) is 0 Å². The maximum atomic E-state index is 14.4. The fraction of sp³-hybridized carbons (Fsp3) is 0.105. The summed E-state index contributed by atoms with van der Waals surface area (Å²) < 4.78 is 15.9. The Kier molecular flexibility index (Phi) is 5.35. The standard InChI is InChI=1S/C19H15FN4O5/c1-2-23-10-14(19(26)27)18(25)13-7-15(20)16(8-17(13)23)22-21-9-11-3-5-12(6-4-11)24(28)29/h3-10,22H,2H2,1H3,(H,26,27)/p-1/b21-9-. The highest BCUT2D eigenvalue weighted by atomic mass is 19.1. The molecule has 9 nitrogen and oxygen atoms in total. The van der Waals surface area contributed by atoms with Crippen LogP contribution in [0.4, 0.5) is 15.8 Å². The molecule has 1 heterocycles. The molecule has 0 aliphatic rings. The summed E-state index contributed by atoms with van der Waals surface area (Å²) in [5.74, 6) is -2.43. The highest BCUT2D eigenvalue weighted by Crippen LogP contribution is 2.22. The number of halogens is 1. The summed E-state index contributed by atoms with van der Waals surface area (Å²) in [6, 6.07) is 7.88. The van der Waals surface area contributed by atoms with Crippen LogP contribution in [0.15, 0.2) is 52.5 Å². The average molecular weight is 397 g/mol. The van der Waals surface area contributed by atoms with Crippen LogP contribution >= 0.6 is 0 Å². The van der Waals surface area contributed by atoms with Crippen molar-refractivity contribution < 1.29 is 19.2 Å². The number of benzene rings is 2. The van der Waals surface area contributed by atoms with Gasteiger partial charge in [-0.1, -0.05) is 0 Å². The number of aryl methyl sites for hydroxylation is 1. The molecular weight excluding hydrogens is 383 g/mol. The van der Waals surface area contributed by atoms with Crippen molar-refractivity contribution in [2.24, 2.45) is 5.10 Å². The molecule has 10 heteroatoms. The molecule has 3 aromatic rings. The first kappa shape index (κ1) is 19.7. The van der Waals surface area contributed by atoms with Gasteiger partial charge in [0.1, 0.15) is 5.82 Å². The van der Waals surface area contributed by atoms with Gasteiger partial charge in [0.05, 0.1) is 33.9 Å². The number of nitrogens with zero attached hydrogens (tertiary/aromatic N) is 3. The smallest absolute Gasteiger partial charge is 0.269 e. The predicted octanol–water partition coefficient (Wildman–Crippen LogP) is 1.88. The number of rotatable bonds is 6. The molecule has 0 amide bonds. The van der Waals surface area contributed by atoms with Crippen molar-refractivity contribution in [3.8, 4) is 0 Å². The number of aromatic nitrogens is 1. The first-order valence-corrected chi connectivity index (χ1v) is 8.43. The quantitative estimate of drug-likeness (QED) is 0.384. The Labute approximate surface area is 162 Å². The summed E-state index contributed by atoms with van der Waals surface area (Å²) in [5.41, 5.74) is 1.93. The van der Waals surface area contributed by atoms with E-state index >= 15 is 0 Å². The average Bonchev–Trinajstić information content (AvgIpc) is 2.69. The SMILES string of the molecule is CCn1cc(C(=O)[O-])c(=O)c2cc(F)c(N/N=C\c3ccc([N+](=O)[O-])cc3)cc21. The van der Waals surface area contributed by atoms with E-state index in [-0.39, 0.29) is 16.8 Å². The van der Waals surface area contributed by atoms with E-state index < -0.39 is 27.7 Å². The third-order valence-corrected chi connectivity index (χ3v) is 4.23. The number of hydrogen-bond acceptors (Lipinski definition) is 7. The Bertz CT molecular complexity index is 1200. The number of carboxylic acids is 1. The highest BCUT2D eigenvalue weighted by Gasteiger charge is 2.13. The Hall–Kier alpha value is -4.08. The number of anilines is 1. The van der Waals surface area contributed by atoms with Crippen molar-refractivity contribution in [3.63, 3.8) is 0 Å². The van der Waals surface area contributed by atoms with Gasteiger partial charge < -0.3 is 14.5 Å². The number of carbonyl (C=O) groups excluding carboxylic acids is 1. The summed E-state index contributed by atoms with van der Waals surface area (Å²) in [6.45, 7) is 2.08. The van der Waals surface area contributed by atoms with Crippen molar-refractivity contribution in [2.45, 2.75) is 13.5 Å². The van der Waals surface area contributed by atoms with Gasteiger partial charge in [0.15, 0.2) is 5.43 Å². The van der Waals surface area contributed by atoms with Gasteiger partial charge in [0.2, 0.25) is 0 Å². The summed E-state index contributed by atoms with van der Waals surface area (Å²) in [6.07, 6.45) is 2.50. The second kappa shape index (κ2) is 7.89. The number of aromatic carboxylic acids is 1. The Balaban J connectivity index is 1.95. The second-order valence-corrected chi connectivity index (χ2v) is 6.01. The van der Waals surface area contributed by atoms with E-state index in [0.717, 1.165) is 12.3 Å². The zero-order valence-electron chi connectivity index (χ0n) is 15.1. The molecule has 3 rings (SSSR count). The number of pyridine rings is 1. The van der Waals surface area contributed by atoms with Crippen LogP contribution < -0.4 is 16.0 Å². The third-order valence-electron chi connectivity index (χ3n) is 4.23. The van der Waals surface area contributed by atoms with Gasteiger partial charge in [-0.15, -0.1) is 0 Å². The van der Waals surface area contributed by atoms with Crippen LogP contribution in [-0.4, -0.2) is 21.7 Å². The Morgan fingerprint density at radius 3 is 2.59 bits per heavy atom. The van der Waals surface area contributed by atoms with Crippen molar-refractivity contribution in [2.75, 3.05) is 5.43 Å². The number of carbonyl (C=O) groups is 1. The number of fused-ring (bicyclic) bond motifs is 1.